The summed E-state index contributed by atoms with van der Waals surface area (Å²) in [4.78, 5) is 12.7. The third kappa shape index (κ3) is 2.49. The first-order valence-corrected chi connectivity index (χ1v) is 7.11. The Morgan fingerprint density at radius 2 is 1.95 bits per heavy atom. The van der Waals surface area contributed by atoms with Crippen molar-refractivity contribution in [3.63, 3.8) is 0 Å². The van der Waals surface area contributed by atoms with E-state index in [1.807, 2.05) is 0 Å². The van der Waals surface area contributed by atoms with Crippen molar-refractivity contribution < 1.29 is 13.6 Å². The largest absolute Gasteiger partial charge is 0.329 e. The molecule has 0 bridgehead atoms. The monoisotopic (exact) mass is 281 g/mol. The first-order valence-electron chi connectivity index (χ1n) is 7.11. The van der Waals surface area contributed by atoms with Crippen molar-refractivity contribution in [1.29, 1.82) is 0 Å². The molecule has 2 nitrogen and oxygen atoms in total. The Kier molecular flexibility index (Phi) is 4.23. The van der Waals surface area contributed by atoms with Gasteiger partial charge in [-0.25, -0.2) is 8.78 Å². The van der Waals surface area contributed by atoms with E-state index >= 15 is 0 Å². The number of carbonyl (C=O) groups excluding carboxylic acids is 1. The molecule has 1 aliphatic carbocycles. The number of nitrogens with two attached hydrogens (primary N) is 1. The van der Waals surface area contributed by atoms with Crippen molar-refractivity contribution in [3.05, 3.63) is 34.9 Å². The maximum atomic E-state index is 14.1. The average Bonchev–Trinajstić information content (AvgIpc) is 2.44. The molecule has 0 atom stereocenters. The molecule has 1 aromatic rings. The predicted octanol–water partition coefficient (Wildman–Crippen LogP) is 3.61. The topological polar surface area (TPSA) is 43.1 Å². The molecule has 0 amide bonds. The Hall–Kier alpha value is -1.29. The van der Waals surface area contributed by atoms with Crippen molar-refractivity contribution in [2.75, 3.05) is 6.54 Å². The fourth-order valence-corrected chi connectivity index (χ4v) is 2.97. The van der Waals surface area contributed by atoms with E-state index in [9.17, 15) is 13.6 Å². The van der Waals surface area contributed by atoms with Crippen LogP contribution in [-0.2, 0) is 0 Å². The molecule has 20 heavy (non-hydrogen) atoms. The molecular formula is C16H21F2NO. The smallest absolute Gasteiger partial charge is 0.176 e. The van der Waals surface area contributed by atoms with Crippen LogP contribution in [0.2, 0.25) is 0 Å². The molecule has 2 rings (SSSR count). The van der Waals surface area contributed by atoms with Gasteiger partial charge in [-0.3, -0.25) is 4.79 Å². The Bertz CT molecular complexity index is 519. The molecule has 0 saturated heterocycles. The summed E-state index contributed by atoms with van der Waals surface area (Å²) in [6.45, 7) is 3.80. The third-order valence-electron chi connectivity index (χ3n) is 4.62. The van der Waals surface area contributed by atoms with Crippen LogP contribution in [-0.4, -0.2) is 12.3 Å². The van der Waals surface area contributed by atoms with E-state index in [-0.39, 0.29) is 12.1 Å². The highest BCUT2D eigenvalue weighted by molar-refractivity contribution is 6.01. The molecule has 0 unspecified atom stereocenters. The maximum Gasteiger partial charge on any atom is 0.176 e. The third-order valence-corrected chi connectivity index (χ3v) is 4.62. The van der Waals surface area contributed by atoms with Crippen LogP contribution in [0.25, 0.3) is 0 Å². The predicted molar refractivity (Wildman–Crippen MR) is 74.5 cm³/mol. The number of rotatable bonds is 3. The van der Waals surface area contributed by atoms with Gasteiger partial charge in [0.05, 0.1) is 5.56 Å². The van der Waals surface area contributed by atoms with Gasteiger partial charge in [-0.1, -0.05) is 13.0 Å². The van der Waals surface area contributed by atoms with E-state index < -0.39 is 28.4 Å². The number of ketones is 1. The second kappa shape index (κ2) is 5.60. The quantitative estimate of drug-likeness (QED) is 0.860. The van der Waals surface area contributed by atoms with Gasteiger partial charge in [0.25, 0.3) is 0 Å². The molecule has 0 aromatic heterocycles. The minimum absolute atomic E-state index is 0.144. The molecule has 2 N–H and O–H groups in total. The summed E-state index contributed by atoms with van der Waals surface area (Å²) in [5.74, 6) is -1.47. The number of aryl methyl sites for hydroxylation is 1. The van der Waals surface area contributed by atoms with Crippen LogP contribution >= 0.6 is 0 Å². The van der Waals surface area contributed by atoms with Gasteiger partial charge in [-0.15, -0.1) is 0 Å². The summed E-state index contributed by atoms with van der Waals surface area (Å²) < 4.78 is 28.1. The van der Waals surface area contributed by atoms with Crippen molar-refractivity contribution in [3.8, 4) is 0 Å². The second-order valence-corrected chi connectivity index (χ2v) is 6.05. The van der Waals surface area contributed by atoms with Crippen molar-refractivity contribution >= 4 is 5.78 Å². The van der Waals surface area contributed by atoms with Gasteiger partial charge in [-0.2, -0.15) is 0 Å². The minimum atomic E-state index is -0.804. The zero-order valence-electron chi connectivity index (χ0n) is 12.0. The first kappa shape index (κ1) is 15.1. The summed E-state index contributed by atoms with van der Waals surface area (Å²) >= 11 is 0. The van der Waals surface area contributed by atoms with Crippen LogP contribution < -0.4 is 5.73 Å². The van der Waals surface area contributed by atoms with Crippen LogP contribution in [0.3, 0.4) is 0 Å². The van der Waals surface area contributed by atoms with Gasteiger partial charge in [0.1, 0.15) is 11.6 Å². The molecular weight excluding hydrogens is 260 g/mol. The number of hydrogen-bond acceptors (Lipinski definition) is 2. The summed E-state index contributed by atoms with van der Waals surface area (Å²) in [5, 5.41) is 0. The fourth-order valence-electron chi connectivity index (χ4n) is 2.97. The number of Topliss-reactive ketones (excluding diaryl/α,β-unsaturated/α-hetero) is 1. The van der Waals surface area contributed by atoms with E-state index in [0.717, 1.165) is 18.9 Å². The Balaban J connectivity index is 2.42. The number of benzene rings is 1. The van der Waals surface area contributed by atoms with Gasteiger partial charge in [0.15, 0.2) is 5.78 Å². The van der Waals surface area contributed by atoms with Crippen molar-refractivity contribution in [1.82, 2.24) is 0 Å². The second-order valence-electron chi connectivity index (χ2n) is 6.05. The van der Waals surface area contributed by atoms with Gasteiger partial charge in [0.2, 0.25) is 0 Å². The summed E-state index contributed by atoms with van der Waals surface area (Å²) in [6.07, 6.45) is 2.96. The molecule has 1 aromatic carbocycles. The maximum absolute atomic E-state index is 14.1. The molecule has 0 aliphatic heterocycles. The Morgan fingerprint density at radius 3 is 2.50 bits per heavy atom. The van der Waals surface area contributed by atoms with Crippen LogP contribution in [0.5, 0.6) is 0 Å². The Labute approximate surface area is 118 Å². The zero-order valence-corrected chi connectivity index (χ0v) is 12.0. The molecule has 1 aliphatic rings. The highest BCUT2D eigenvalue weighted by Crippen LogP contribution is 2.41. The molecule has 1 fully saturated rings. The molecule has 0 radical (unpaired) electrons. The molecule has 0 heterocycles. The number of halogens is 2. The Morgan fingerprint density at radius 1 is 1.35 bits per heavy atom. The zero-order chi connectivity index (χ0) is 14.9. The van der Waals surface area contributed by atoms with Gasteiger partial charge in [-0.05, 0) is 50.2 Å². The SMILES string of the molecule is Cc1ccc(F)c(C(=O)C2(CN)CCC(C)CC2)c1F. The first-order chi connectivity index (χ1) is 9.41. The lowest BCUT2D eigenvalue weighted by atomic mass is 9.67. The molecule has 0 spiro atoms. The lowest BCUT2D eigenvalue weighted by Crippen LogP contribution is -2.42. The minimum Gasteiger partial charge on any atom is -0.329 e. The number of carbonyl (C=O) groups is 1. The van der Waals surface area contributed by atoms with Gasteiger partial charge in [0, 0.05) is 12.0 Å². The lowest BCUT2D eigenvalue weighted by molar-refractivity contribution is 0.0685. The van der Waals surface area contributed by atoms with E-state index in [2.05, 4.69) is 6.92 Å². The summed E-state index contributed by atoms with van der Waals surface area (Å²) in [7, 11) is 0. The van der Waals surface area contributed by atoms with Crippen molar-refractivity contribution in [2.24, 2.45) is 17.1 Å². The number of hydrogen-bond donors (Lipinski definition) is 1. The lowest BCUT2D eigenvalue weighted by Gasteiger charge is -2.37. The molecule has 4 heteroatoms. The van der Waals surface area contributed by atoms with Crippen LogP contribution in [0, 0.1) is 29.9 Å². The van der Waals surface area contributed by atoms with Crippen LogP contribution in [0.4, 0.5) is 8.78 Å². The highest BCUT2D eigenvalue weighted by Gasteiger charge is 2.42. The average molecular weight is 281 g/mol. The normalized spacial score (nSPS) is 26.6. The van der Waals surface area contributed by atoms with E-state index in [4.69, 9.17) is 5.73 Å². The highest BCUT2D eigenvalue weighted by atomic mass is 19.1. The van der Waals surface area contributed by atoms with E-state index in [1.54, 1.807) is 0 Å². The van der Waals surface area contributed by atoms with Crippen LogP contribution in [0.1, 0.15) is 48.5 Å². The standard InChI is InChI=1S/C16H21F2NO/c1-10-5-7-16(9-19,8-6-10)15(20)13-12(17)4-3-11(2)14(13)18/h3-4,10H,5-9,19H2,1-2H3. The van der Waals surface area contributed by atoms with Crippen LogP contribution in [0.15, 0.2) is 12.1 Å². The summed E-state index contributed by atoms with van der Waals surface area (Å²) in [5.41, 5.74) is 4.86. The summed E-state index contributed by atoms with van der Waals surface area (Å²) in [6, 6.07) is 2.50. The fraction of sp³-hybridized carbons (Fsp3) is 0.562. The van der Waals surface area contributed by atoms with Gasteiger partial charge >= 0.3 is 0 Å². The van der Waals surface area contributed by atoms with E-state index in [1.165, 1.54) is 13.0 Å². The van der Waals surface area contributed by atoms with Gasteiger partial charge < -0.3 is 5.73 Å². The molecule has 1 saturated carbocycles. The molecule has 110 valence electrons. The van der Waals surface area contributed by atoms with E-state index in [0.29, 0.717) is 18.8 Å². The van der Waals surface area contributed by atoms with Crippen molar-refractivity contribution in [2.45, 2.75) is 39.5 Å².